The lowest BCUT2D eigenvalue weighted by molar-refractivity contribution is -0.0100. The fourth-order valence-electron chi connectivity index (χ4n) is 2.40. The predicted molar refractivity (Wildman–Crippen MR) is 62.9 cm³/mol. The van der Waals surface area contributed by atoms with Crippen LogP contribution in [0.2, 0.25) is 0 Å². The Balaban J connectivity index is 1.81. The third kappa shape index (κ3) is 1.73. The maximum absolute atomic E-state index is 5.19. The fourth-order valence-corrected chi connectivity index (χ4v) is 2.98. The molecule has 1 aliphatic heterocycles. The highest BCUT2D eigenvalue weighted by atomic mass is 79.9. The van der Waals surface area contributed by atoms with Crippen LogP contribution in [0.5, 0.6) is 0 Å². The number of fused-ring (bicyclic) bond motifs is 1. The molecule has 1 unspecified atom stereocenters. The van der Waals surface area contributed by atoms with E-state index in [2.05, 4.69) is 39.4 Å². The molecular formula is C12H14BrNO. The molecule has 1 N–H and O–H groups in total. The maximum Gasteiger partial charge on any atom is 0.0643 e. The summed E-state index contributed by atoms with van der Waals surface area (Å²) in [7, 11) is 0. The molecule has 1 aromatic rings. The van der Waals surface area contributed by atoms with Crippen LogP contribution < -0.4 is 5.32 Å². The van der Waals surface area contributed by atoms with Gasteiger partial charge in [0.05, 0.1) is 19.3 Å². The quantitative estimate of drug-likeness (QED) is 0.889. The second kappa shape index (κ2) is 3.89. The Morgan fingerprint density at radius 3 is 2.93 bits per heavy atom. The van der Waals surface area contributed by atoms with Gasteiger partial charge in [0.2, 0.25) is 0 Å². The molecule has 3 rings (SSSR count). The van der Waals surface area contributed by atoms with Crippen molar-refractivity contribution in [1.29, 1.82) is 0 Å². The van der Waals surface area contributed by atoms with Gasteiger partial charge in [-0.1, -0.05) is 28.1 Å². The Morgan fingerprint density at radius 2 is 2.20 bits per heavy atom. The van der Waals surface area contributed by atoms with Gasteiger partial charge in [-0.3, -0.25) is 0 Å². The molecule has 1 fully saturated rings. The van der Waals surface area contributed by atoms with E-state index in [9.17, 15) is 0 Å². The monoisotopic (exact) mass is 267 g/mol. The zero-order chi connectivity index (χ0) is 10.3. The van der Waals surface area contributed by atoms with Gasteiger partial charge in [-0.2, -0.15) is 0 Å². The third-order valence-electron chi connectivity index (χ3n) is 3.29. The minimum Gasteiger partial charge on any atom is -0.378 e. The summed E-state index contributed by atoms with van der Waals surface area (Å²) in [5.74, 6) is 0. The fraction of sp³-hybridized carbons (Fsp3) is 0.500. The highest BCUT2D eigenvalue weighted by Crippen LogP contribution is 2.36. The Bertz CT molecular complexity index is 376. The Kier molecular flexibility index (Phi) is 2.54. The van der Waals surface area contributed by atoms with Crippen LogP contribution in [0.3, 0.4) is 0 Å². The first-order valence-electron chi connectivity index (χ1n) is 5.45. The molecule has 0 amide bonds. The van der Waals surface area contributed by atoms with Crippen molar-refractivity contribution in [3.63, 3.8) is 0 Å². The first kappa shape index (κ1) is 9.82. The van der Waals surface area contributed by atoms with E-state index in [4.69, 9.17) is 4.74 Å². The summed E-state index contributed by atoms with van der Waals surface area (Å²) in [4.78, 5) is 0. The van der Waals surface area contributed by atoms with Gasteiger partial charge in [0, 0.05) is 10.5 Å². The molecule has 80 valence electrons. The summed E-state index contributed by atoms with van der Waals surface area (Å²) in [6.07, 6.45) is 2.40. The van der Waals surface area contributed by atoms with E-state index in [0.717, 1.165) is 13.2 Å². The molecule has 2 nitrogen and oxygen atoms in total. The summed E-state index contributed by atoms with van der Waals surface area (Å²) in [6, 6.07) is 7.60. The zero-order valence-electron chi connectivity index (χ0n) is 8.50. The number of hydrogen-bond donors (Lipinski definition) is 1. The van der Waals surface area contributed by atoms with E-state index in [-0.39, 0.29) is 0 Å². The van der Waals surface area contributed by atoms with Crippen molar-refractivity contribution in [2.45, 2.75) is 24.9 Å². The van der Waals surface area contributed by atoms with Gasteiger partial charge in [-0.05, 0) is 30.0 Å². The largest absolute Gasteiger partial charge is 0.378 e. The van der Waals surface area contributed by atoms with Gasteiger partial charge >= 0.3 is 0 Å². The van der Waals surface area contributed by atoms with Crippen LogP contribution in [0.4, 0.5) is 0 Å². The van der Waals surface area contributed by atoms with Gasteiger partial charge in [0.25, 0.3) is 0 Å². The molecule has 1 heterocycles. The predicted octanol–water partition coefficient (Wildman–Crippen LogP) is 2.42. The Hall–Kier alpha value is -0.380. The van der Waals surface area contributed by atoms with Gasteiger partial charge < -0.3 is 10.1 Å². The normalized spacial score (nSPS) is 25.0. The lowest BCUT2D eigenvalue weighted by Gasteiger charge is -2.30. The maximum atomic E-state index is 5.19. The molecule has 1 aromatic carbocycles. The number of benzene rings is 1. The minimum absolute atomic E-state index is 0.534. The molecule has 0 aromatic heterocycles. The Labute approximate surface area is 98.1 Å². The van der Waals surface area contributed by atoms with Crippen LogP contribution in [0.15, 0.2) is 22.7 Å². The van der Waals surface area contributed by atoms with Crippen LogP contribution in [0.1, 0.15) is 23.6 Å². The first-order chi connectivity index (χ1) is 7.34. The molecular weight excluding hydrogens is 254 g/mol. The van der Waals surface area contributed by atoms with Crippen molar-refractivity contribution in [3.05, 3.63) is 33.8 Å². The van der Waals surface area contributed by atoms with E-state index in [1.54, 1.807) is 0 Å². The van der Waals surface area contributed by atoms with E-state index in [1.165, 1.54) is 28.4 Å². The molecule has 1 aliphatic carbocycles. The molecule has 15 heavy (non-hydrogen) atoms. The smallest absolute Gasteiger partial charge is 0.0643 e. The summed E-state index contributed by atoms with van der Waals surface area (Å²) in [5.41, 5.74) is 2.95. The highest BCUT2D eigenvalue weighted by Gasteiger charge is 2.28. The van der Waals surface area contributed by atoms with Gasteiger partial charge in [-0.25, -0.2) is 0 Å². The van der Waals surface area contributed by atoms with Crippen molar-refractivity contribution in [3.8, 4) is 0 Å². The van der Waals surface area contributed by atoms with Crippen molar-refractivity contribution < 1.29 is 4.74 Å². The van der Waals surface area contributed by atoms with Gasteiger partial charge in [0.15, 0.2) is 0 Å². The van der Waals surface area contributed by atoms with Crippen LogP contribution in [0, 0.1) is 0 Å². The number of rotatable bonds is 2. The second-order valence-electron chi connectivity index (χ2n) is 4.30. The molecule has 0 bridgehead atoms. The molecule has 3 heteroatoms. The van der Waals surface area contributed by atoms with Crippen LogP contribution >= 0.6 is 15.9 Å². The number of ether oxygens (including phenoxy) is 1. The Morgan fingerprint density at radius 1 is 1.33 bits per heavy atom. The summed E-state index contributed by atoms with van der Waals surface area (Å²) in [6.45, 7) is 1.75. The SMILES string of the molecule is Brc1cccc2c1CCC2NC1COC1. The van der Waals surface area contributed by atoms with Crippen molar-refractivity contribution in [2.75, 3.05) is 13.2 Å². The van der Waals surface area contributed by atoms with Gasteiger partial charge in [-0.15, -0.1) is 0 Å². The average molecular weight is 268 g/mol. The minimum atomic E-state index is 0.534. The average Bonchev–Trinajstić information content (AvgIpc) is 2.56. The summed E-state index contributed by atoms with van der Waals surface area (Å²) < 4.78 is 6.44. The number of nitrogens with one attached hydrogen (secondary N) is 1. The van der Waals surface area contributed by atoms with E-state index in [0.29, 0.717) is 12.1 Å². The van der Waals surface area contributed by atoms with E-state index in [1.807, 2.05) is 0 Å². The van der Waals surface area contributed by atoms with E-state index < -0.39 is 0 Å². The number of halogens is 1. The van der Waals surface area contributed by atoms with E-state index >= 15 is 0 Å². The van der Waals surface area contributed by atoms with Crippen LogP contribution in [-0.2, 0) is 11.2 Å². The zero-order valence-corrected chi connectivity index (χ0v) is 10.1. The lowest BCUT2D eigenvalue weighted by Crippen LogP contribution is -2.46. The van der Waals surface area contributed by atoms with Crippen molar-refractivity contribution in [2.24, 2.45) is 0 Å². The standard InChI is InChI=1S/C12H14BrNO/c13-11-3-1-2-10-9(11)4-5-12(10)14-8-6-15-7-8/h1-3,8,12,14H,4-7H2. The number of hydrogen-bond acceptors (Lipinski definition) is 2. The second-order valence-corrected chi connectivity index (χ2v) is 5.15. The molecule has 1 atom stereocenters. The molecule has 2 aliphatic rings. The topological polar surface area (TPSA) is 21.3 Å². The first-order valence-corrected chi connectivity index (χ1v) is 6.25. The lowest BCUT2D eigenvalue weighted by atomic mass is 10.1. The van der Waals surface area contributed by atoms with Crippen LogP contribution in [0.25, 0.3) is 0 Å². The molecule has 1 saturated heterocycles. The molecule has 0 saturated carbocycles. The molecule has 0 spiro atoms. The third-order valence-corrected chi connectivity index (χ3v) is 4.03. The molecule has 0 radical (unpaired) electrons. The van der Waals surface area contributed by atoms with Crippen molar-refractivity contribution in [1.82, 2.24) is 5.32 Å². The van der Waals surface area contributed by atoms with Crippen LogP contribution in [-0.4, -0.2) is 19.3 Å². The highest BCUT2D eigenvalue weighted by molar-refractivity contribution is 9.10. The summed E-state index contributed by atoms with van der Waals surface area (Å²) >= 11 is 3.62. The van der Waals surface area contributed by atoms with Crippen molar-refractivity contribution >= 4 is 15.9 Å². The van der Waals surface area contributed by atoms with Gasteiger partial charge in [0.1, 0.15) is 0 Å². The summed E-state index contributed by atoms with van der Waals surface area (Å²) in [5, 5.41) is 3.65.